The van der Waals surface area contributed by atoms with Crippen LogP contribution in [0.25, 0.3) is 17.1 Å². The summed E-state index contributed by atoms with van der Waals surface area (Å²) in [6, 6.07) is 13.7. The topological polar surface area (TPSA) is 70.8 Å². The van der Waals surface area contributed by atoms with Crippen LogP contribution in [0.15, 0.2) is 42.5 Å². The summed E-state index contributed by atoms with van der Waals surface area (Å²) in [5.41, 5.74) is 2.11. The van der Waals surface area contributed by atoms with E-state index in [1.54, 1.807) is 25.8 Å². The van der Waals surface area contributed by atoms with E-state index in [1.807, 2.05) is 54.6 Å². The van der Waals surface area contributed by atoms with E-state index in [9.17, 15) is 0 Å². The van der Waals surface area contributed by atoms with E-state index in [1.165, 1.54) is 11.3 Å². The molecule has 0 spiro atoms. The minimum atomic E-state index is 0.590. The Kier molecular flexibility index (Phi) is 5.44. The first-order chi connectivity index (χ1) is 14.2. The Labute approximate surface area is 172 Å². The molecule has 2 aromatic carbocycles. The molecule has 0 bridgehead atoms. The molecule has 0 aliphatic carbocycles. The monoisotopic (exact) mass is 408 g/mol. The fourth-order valence-corrected chi connectivity index (χ4v) is 3.67. The summed E-state index contributed by atoms with van der Waals surface area (Å²) in [5, 5.41) is 14.0. The molecule has 0 aliphatic rings. The normalized spacial score (nSPS) is 11.3. The van der Waals surface area contributed by atoms with Crippen LogP contribution in [-0.2, 0) is 6.42 Å². The zero-order valence-corrected chi connectivity index (χ0v) is 17.1. The molecule has 0 atom stereocenters. The van der Waals surface area contributed by atoms with Crippen LogP contribution in [0.3, 0.4) is 0 Å². The SMILES string of the molecule is COc1ccc(/C=C\c2nn3c(Cc4ccc(OC)c(OC)c4)nnc3s2)cc1. The number of nitrogens with zero attached hydrogens (tertiary/aromatic N) is 4. The highest BCUT2D eigenvalue weighted by atomic mass is 32.1. The molecule has 0 aliphatic heterocycles. The number of hydrogen-bond donors (Lipinski definition) is 0. The second-order valence-corrected chi connectivity index (χ2v) is 7.21. The first kappa shape index (κ1) is 18.9. The molecule has 2 aromatic heterocycles. The molecule has 0 saturated heterocycles. The maximum atomic E-state index is 5.38. The van der Waals surface area contributed by atoms with Gasteiger partial charge >= 0.3 is 0 Å². The minimum Gasteiger partial charge on any atom is -0.497 e. The van der Waals surface area contributed by atoms with E-state index in [0.29, 0.717) is 17.9 Å². The molecule has 148 valence electrons. The number of hydrogen-bond acceptors (Lipinski definition) is 7. The van der Waals surface area contributed by atoms with Gasteiger partial charge in [0, 0.05) is 6.42 Å². The first-order valence-electron chi connectivity index (χ1n) is 8.94. The third-order valence-electron chi connectivity index (χ3n) is 4.42. The lowest BCUT2D eigenvalue weighted by molar-refractivity contribution is 0.354. The molecule has 2 heterocycles. The maximum Gasteiger partial charge on any atom is 0.234 e. The average Bonchev–Trinajstić information content (AvgIpc) is 3.34. The Morgan fingerprint density at radius 3 is 2.41 bits per heavy atom. The van der Waals surface area contributed by atoms with Crippen molar-refractivity contribution in [3.8, 4) is 17.2 Å². The first-order valence-corrected chi connectivity index (χ1v) is 9.76. The van der Waals surface area contributed by atoms with Gasteiger partial charge in [-0.15, -0.1) is 10.2 Å². The molecule has 0 radical (unpaired) electrons. The molecule has 0 amide bonds. The van der Waals surface area contributed by atoms with Crippen molar-refractivity contribution in [1.82, 2.24) is 19.8 Å². The zero-order chi connectivity index (χ0) is 20.2. The molecule has 0 N–H and O–H groups in total. The van der Waals surface area contributed by atoms with Gasteiger partial charge in [-0.3, -0.25) is 0 Å². The molecule has 8 heteroatoms. The molecule has 4 rings (SSSR count). The Morgan fingerprint density at radius 1 is 0.897 bits per heavy atom. The van der Waals surface area contributed by atoms with E-state index in [0.717, 1.165) is 32.7 Å². The van der Waals surface area contributed by atoms with Gasteiger partial charge in [0.2, 0.25) is 4.96 Å². The molecule has 0 saturated carbocycles. The summed E-state index contributed by atoms with van der Waals surface area (Å²) in [4.78, 5) is 0.759. The predicted octanol–water partition coefficient (Wildman–Crippen LogP) is 3.97. The third kappa shape index (κ3) is 4.07. The third-order valence-corrected chi connectivity index (χ3v) is 5.28. The predicted molar refractivity (Wildman–Crippen MR) is 113 cm³/mol. The highest BCUT2D eigenvalue weighted by Crippen LogP contribution is 2.28. The maximum absolute atomic E-state index is 5.38. The van der Waals surface area contributed by atoms with Crippen molar-refractivity contribution in [2.24, 2.45) is 0 Å². The van der Waals surface area contributed by atoms with Crippen LogP contribution in [0.1, 0.15) is 22.0 Å². The molecule has 4 aromatic rings. The van der Waals surface area contributed by atoms with Crippen LogP contribution in [0, 0.1) is 0 Å². The second kappa shape index (κ2) is 8.32. The minimum absolute atomic E-state index is 0.590. The summed E-state index contributed by atoms with van der Waals surface area (Å²) in [7, 11) is 4.90. The highest BCUT2D eigenvalue weighted by Gasteiger charge is 2.13. The van der Waals surface area contributed by atoms with E-state index in [2.05, 4.69) is 15.3 Å². The number of aromatic nitrogens is 4. The Morgan fingerprint density at radius 2 is 1.69 bits per heavy atom. The van der Waals surface area contributed by atoms with Crippen LogP contribution in [-0.4, -0.2) is 41.1 Å². The van der Waals surface area contributed by atoms with E-state index < -0.39 is 0 Å². The molecule has 0 unspecified atom stereocenters. The van der Waals surface area contributed by atoms with Crippen LogP contribution < -0.4 is 14.2 Å². The van der Waals surface area contributed by atoms with Crippen LogP contribution in [0.2, 0.25) is 0 Å². The molecule has 29 heavy (non-hydrogen) atoms. The van der Waals surface area contributed by atoms with Crippen molar-refractivity contribution in [2.45, 2.75) is 6.42 Å². The van der Waals surface area contributed by atoms with Crippen molar-refractivity contribution in [2.75, 3.05) is 21.3 Å². The van der Waals surface area contributed by atoms with Gasteiger partial charge in [0.1, 0.15) is 10.8 Å². The lowest BCUT2D eigenvalue weighted by atomic mass is 10.1. The van der Waals surface area contributed by atoms with Crippen molar-refractivity contribution >= 4 is 28.4 Å². The summed E-state index contributed by atoms with van der Waals surface area (Å²) >= 11 is 1.49. The van der Waals surface area contributed by atoms with Gasteiger partial charge < -0.3 is 14.2 Å². The summed E-state index contributed by atoms with van der Waals surface area (Å²) in [6.07, 6.45) is 4.58. The Hall–Kier alpha value is -3.39. The van der Waals surface area contributed by atoms with Gasteiger partial charge in [0.05, 0.1) is 21.3 Å². The average molecular weight is 408 g/mol. The smallest absolute Gasteiger partial charge is 0.234 e. The molecular weight excluding hydrogens is 388 g/mol. The van der Waals surface area contributed by atoms with Gasteiger partial charge in [-0.05, 0) is 41.5 Å². The second-order valence-electron chi connectivity index (χ2n) is 6.22. The van der Waals surface area contributed by atoms with Crippen molar-refractivity contribution in [3.05, 3.63) is 64.4 Å². The molecule has 7 nitrogen and oxygen atoms in total. The quantitative estimate of drug-likeness (QED) is 0.461. The highest BCUT2D eigenvalue weighted by molar-refractivity contribution is 7.17. The standard InChI is InChI=1S/C21H20N4O3S/c1-26-16-8-4-14(5-9-16)7-11-20-24-25-19(22-23-21(25)29-20)13-15-6-10-17(27-2)18(12-15)28-3/h4-12H,13H2,1-3H3/b11-7-. The van der Waals surface area contributed by atoms with E-state index >= 15 is 0 Å². The number of fused-ring (bicyclic) bond motifs is 1. The molecular formula is C21H20N4O3S. The summed E-state index contributed by atoms with van der Waals surface area (Å²) < 4.78 is 17.6. The number of ether oxygens (including phenoxy) is 3. The summed E-state index contributed by atoms with van der Waals surface area (Å²) in [6.45, 7) is 0. The number of methoxy groups -OCH3 is 3. The Bertz CT molecular complexity index is 1150. The van der Waals surface area contributed by atoms with E-state index in [-0.39, 0.29) is 0 Å². The van der Waals surface area contributed by atoms with E-state index in [4.69, 9.17) is 14.2 Å². The van der Waals surface area contributed by atoms with Gasteiger partial charge in [-0.1, -0.05) is 35.6 Å². The zero-order valence-electron chi connectivity index (χ0n) is 16.3. The van der Waals surface area contributed by atoms with Gasteiger partial charge in [-0.25, -0.2) is 0 Å². The number of rotatable bonds is 7. The van der Waals surface area contributed by atoms with Crippen molar-refractivity contribution in [1.29, 1.82) is 0 Å². The fraction of sp³-hybridized carbons (Fsp3) is 0.190. The largest absolute Gasteiger partial charge is 0.497 e. The fourth-order valence-electron chi connectivity index (χ4n) is 2.91. The Balaban J connectivity index is 1.55. The van der Waals surface area contributed by atoms with Crippen LogP contribution in [0.5, 0.6) is 17.2 Å². The van der Waals surface area contributed by atoms with Crippen LogP contribution >= 0.6 is 11.3 Å². The lowest BCUT2D eigenvalue weighted by Gasteiger charge is -2.08. The lowest BCUT2D eigenvalue weighted by Crippen LogP contribution is -1.99. The summed E-state index contributed by atoms with van der Waals surface area (Å²) in [5.74, 6) is 2.99. The van der Waals surface area contributed by atoms with Crippen molar-refractivity contribution < 1.29 is 14.2 Å². The van der Waals surface area contributed by atoms with Gasteiger partial charge in [0.25, 0.3) is 0 Å². The van der Waals surface area contributed by atoms with Crippen LogP contribution in [0.4, 0.5) is 0 Å². The van der Waals surface area contributed by atoms with Gasteiger partial charge in [-0.2, -0.15) is 9.61 Å². The molecule has 0 fully saturated rings. The van der Waals surface area contributed by atoms with Gasteiger partial charge in [0.15, 0.2) is 17.3 Å². The van der Waals surface area contributed by atoms with Crippen molar-refractivity contribution in [3.63, 3.8) is 0 Å². The number of benzene rings is 2.